The van der Waals surface area contributed by atoms with Crippen LogP contribution in [0.2, 0.25) is 0 Å². The number of thioether (sulfide) groups is 1. The minimum atomic E-state index is -0.966. The number of nitrogens with zero attached hydrogens (tertiary/aromatic N) is 1. The van der Waals surface area contributed by atoms with Gasteiger partial charge in [0, 0.05) is 29.6 Å². The van der Waals surface area contributed by atoms with Crippen molar-refractivity contribution in [2.75, 3.05) is 5.32 Å². The van der Waals surface area contributed by atoms with E-state index in [-0.39, 0.29) is 17.0 Å². The number of hydrogen-bond acceptors (Lipinski definition) is 3. The smallest absolute Gasteiger partial charge is 0.352 e. The highest BCUT2D eigenvalue weighted by Crippen LogP contribution is 2.27. The molecule has 1 heterocycles. The van der Waals surface area contributed by atoms with Crippen molar-refractivity contribution in [1.82, 2.24) is 4.57 Å². The summed E-state index contributed by atoms with van der Waals surface area (Å²) in [4.78, 5) is 25.3. The molecule has 0 saturated carbocycles. The van der Waals surface area contributed by atoms with Crippen LogP contribution in [-0.2, 0) is 11.3 Å². The fraction of sp³-hybridized carbons (Fsp3) is 0.417. The number of hydrogen-bond donors (Lipinski definition) is 2. The fourth-order valence-corrected chi connectivity index (χ4v) is 3.92. The minimum Gasteiger partial charge on any atom is -0.477 e. The Hall–Kier alpha value is -2.47. The molecule has 0 aliphatic heterocycles. The van der Waals surface area contributed by atoms with E-state index in [1.807, 2.05) is 50.5 Å². The maximum atomic E-state index is 12.2. The van der Waals surface area contributed by atoms with E-state index in [0.717, 1.165) is 22.9 Å². The normalized spacial score (nSPS) is 13.0. The van der Waals surface area contributed by atoms with Crippen LogP contribution in [-0.4, -0.2) is 21.6 Å². The van der Waals surface area contributed by atoms with Crippen molar-refractivity contribution in [3.8, 4) is 0 Å². The van der Waals surface area contributed by atoms with Crippen LogP contribution in [0.5, 0.6) is 0 Å². The highest BCUT2D eigenvalue weighted by atomic mass is 32.2. The van der Waals surface area contributed by atoms with Crippen LogP contribution < -0.4 is 5.32 Å². The molecule has 2 rings (SSSR count). The van der Waals surface area contributed by atoms with E-state index in [4.69, 9.17) is 0 Å². The summed E-state index contributed by atoms with van der Waals surface area (Å²) in [5.74, 6) is -1.02. The van der Waals surface area contributed by atoms with Gasteiger partial charge in [0.05, 0.1) is 0 Å². The van der Waals surface area contributed by atoms with Crippen molar-refractivity contribution in [2.45, 2.75) is 60.9 Å². The first-order valence-electron chi connectivity index (χ1n) is 10.2. The van der Waals surface area contributed by atoms with Crippen LogP contribution in [0.25, 0.3) is 10.9 Å². The number of carboxylic acid groups (broad SMARTS) is 1. The number of nitrogens with one attached hydrogen (secondary N) is 1. The Morgan fingerprint density at radius 2 is 1.90 bits per heavy atom. The van der Waals surface area contributed by atoms with Gasteiger partial charge >= 0.3 is 5.97 Å². The number of amides is 1. The molecule has 2 N–H and O–H groups in total. The molecular weight excluding hydrogens is 396 g/mol. The third-order valence-electron chi connectivity index (χ3n) is 4.44. The highest BCUT2D eigenvalue weighted by molar-refractivity contribution is 8.05. The number of aromatic nitrogens is 1. The Morgan fingerprint density at radius 1 is 1.20 bits per heavy atom. The number of carboxylic acids is 1. The second-order valence-corrected chi connectivity index (χ2v) is 9.90. The summed E-state index contributed by atoms with van der Waals surface area (Å²) in [5.41, 5.74) is 2.72. The summed E-state index contributed by atoms with van der Waals surface area (Å²) in [6.45, 7) is 12.7. The molecule has 0 aliphatic rings. The first kappa shape index (κ1) is 23.8. The highest BCUT2D eigenvalue weighted by Gasteiger charge is 2.18. The molecule has 1 amide bonds. The van der Waals surface area contributed by atoms with Gasteiger partial charge in [0.2, 0.25) is 5.91 Å². The number of fused-ring (bicyclic) bond motifs is 1. The Kier molecular flexibility index (Phi) is 7.96. The largest absolute Gasteiger partial charge is 0.477 e. The van der Waals surface area contributed by atoms with E-state index in [9.17, 15) is 14.7 Å². The Balaban J connectivity index is 2.30. The molecule has 1 aromatic heterocycles. The van der Waals surface area contributed by atoms with Gasteiger partial charge in [0.1, 0.15) is 5.69 Å². The third-order valence-corrected chi connectivity index (χ3v) is 5.50. The number of anilines is 1. The minimum absolute atomic E-state index is 0.0500. The van der Waals surface area contributed by atoms with Gasteiger partial charge in [-0.3, -0.25) is 4.79 Å². The van der Waals surface area contributed by atoms with E-state index in [0.29, 0.717) is 18.7 Å². The van der Waals surface area contributed by atoms with E-state index < -0.39 is 5.97 Å². The molecule has 0 radical (unpaired) electrons. The average molecular weight is 429 g/mol. The molecule has 162 valence electrons. The molecule has 6 heteroatoms. The average Bonchev–Trinajstić information content (AvgIpc) is 2.96. The van der Waals surface area contributed by atoms with Crippen molar-refractivity contribution < 1.29 is 14.7 Å². The Bertz CT molecular complexity index is 994. The summed E-state index contributed by atoms with van der Waals surface area (Å²) in [5, 5.41) is 15.5. The van der Waals surface area contributed by atoms with Crippen molar-refractivity contribution >= 4 is 40.2 Å². The number of carbonyl (C=O) groups excluding carboxylic acids is 1. The lowest BCUT2D eigenvalue weighted by Gasteiger charge is -2.17. The molecule has 0 aliphatic carbocycles. The Morgan fingerprint density at radius 3 is 2.50 bits per heavy atom. The van der Waals surface area contributed by atoms with Crippen LogP contribution in [0.3, 0.4) is 0 Å². The predicted molar refractivity (Wildman–Crippen MR) is 127 cm³/mol. The lowest BCUT2D eigenvalue weighted by molar-refractivity contribution is -0.117. The van der Waals surface area contributed by atoms with E-state index >= 15 is 0 Å². The van der Waals surface area contributed by atoms with Gasteiger partial charge in [0.25, 0.3) is 0 Å². The molecule has 5 nitrogen and oxygen atoms in total. The van der Waals surface area contributed by atoms with Crippen molar-refractivity contribution in [3.05, 3.63) is 51.9 Å². The zero-order valence-corrected chi connectivity index (χ0v) is 19.5. The summed E-state index contributed by atoms with van der Waals surface area (Å²) >= 11 is 1.66. The van der Waals surface area contributed by atoms with Crippen molar-refractivity contribution in [1.29, 1.82) is 0 Å². The zero-order chi connectivity index (χ0) is 22.5. The first-order chi connectivity index (χ1) is 14.0. The number of rotatable bonds is 8. The predicted octanol–water partition coefficient (Wildman–Crippen LogP) is 6.67. The van der Waals surface area contributed by atoms with E-state index in [2.05, 4.69) is 30.6 Å². The molecule has 0 unspecified atom stereocenters. The molecule has 0 saturated heterocycles. The molecule has 0 atom stereocenters. The second-order valence-electron chi connectivity index (χ2n) is 8.79. The quantitative estimate of drug-likeness (QED) is 0.493. The molecule has 0 fully saturated rings. The standard InChI is InChI=1S/C24H32N2O3S/c1-7-8-17(3)30-15-16(2)14-26-20-10-9-19(25-22(27)13-24(4,5)6)11-18(20)12-21(26)23(28)29/h8-12,15H,7,13-14H2,1-6H3,(H,25,27)(H,28,29)/b16-15+,17-8-. The third kappa shape index (κ3) is 6.80. The van der Waals surface area contributed by atoms with Crippen molar-refractivity contribution in [3.63, 3.8) is 0 Å². The number of carbonyl (C=O) groups is 2. The topological polar surface area (TPSA) is 71.3 Å². The Labute approximate surface area is 183 Å². The second kappa shape index (κ2) is 10.0. The van der Waals surface area contributed by atoms with Gasteiger partial charge in [0.15, 0.2) is 0 Å². The van der Waals surface area contributed by atoms with Gasteiger partial charge in [-0.15, -0.1) is 11.8 Å². The van der Waals surface area contributed by atoms with E-state index in [1.54, 1.807) is 17.8 Å². The molecule has 1 aromatic carbocycles. The van der Waals surface area contributed by atoms with Gasteiger partial charge in [-0.25, -0.2) is 4.79 Å². The first-order valence-corrected chi connectivity index (χ1v) is 11.0. The van der Waals surface area contributed by atoms with Crippen LogP contribution in [0.15, 0.2) is 46.2 Å². The molecule has 30 heavy (non-hydrogen) atoms. The number of aromatic carboxylic acids is 1. The molecule has 0 bridgehead atoms. The van der Waals surface area contributed by atoms with Crippen LogP contribution in [0, 0.1) is 5.41 Å². The molecule has 2 aromatic rings. The SMILES string of the molecule is CC/C=C(/C)S/C=C(\C)Cn1c(C(=O)O)cc2cc(NC(=O)CC(C)(C)C)ccc21. The van der Waals surface area contributed by atoms with Crippen LogP contribution >= 0.6 is 11.8 Å². The summed E-state index contributed by atoms with van der Waals surface area (Å²) < 4.78 is 1.81. The maximum Gasteiger partial charge on any atom is 0.352 e. The van der Waals surface area contributed by atoms with Gasteiger partial charge in [-0.2, -0.15) is 0 Å². The zero-order valence-electron chi connectivity index (χ0n) is 18.7. The molecular formula is C24H32N2O3S. The van der Waals surface area contributed by atoms with Gasteiger partial charge in [-0.1, -0.05) is 33.8 Å². The summed E-state index contributed by atoms with van der Waals surface area (Å²) in [6, 6.07) is 7.20. The lowest BCUT2D eigenvalue weighted by atomic mass is 9.92. The molecule has 0 spiro atoms. The van der Waals surface area contributed by atoms with Crippen LogP contribution in [0.4, 0.5) is 5.69 Å². The lowest BCUT2D eigenvalue weighted by Crippen LogP contribution is -2.19. The van der Waals surface area contributed by atoms with E-state index in [1.165, 1.54) is 4.91 Å². The van der Waals surface area contributed by atoms with Crippen molar-refractivity contribution in [2.24, 2.45) is 5.41 Å². The summed E-state index contributed by atoms with van der Waals surface area (Å²) in [6.07, 6.45) is 3.57. The fourth-order valence-electron chi connectivity index (χ4n) is 3.20. The number of benzene rings is 1. The maximum absolute atomic E-state index is 12.2. The summed E-state index contributed by atoms with van der Waals surface area (Å²) in [7, 11) is 0. The van der Waals surface area contributed by atoms with Crippen LogP contribution in [0.1, 0.15) is 64.9 Å². The van der Waals surface area contributed by atoms with Gasteiger partial charge in [-0.05, 0) is 65.8 Å². The van der Waals surface area contributed by atoms with Gasteiger partial charge < -0.3 is 15.0 Å². The monoisotopic (exact) mass is 428 g/mol. The number of allylic oxidation sites excluding steroid dienone is 3.